The summed E-state index contributed by atoms with van der Waals surface area (Å²) in [7, 11) is 0. The molecule has 0 saturated heterocycles. The predicted octanol–water partition coefficient (Wildman–Crippen LogP) is 3.49. The molecule has 0 aromatic carbocycles. The minimum atomic E-state index is -0.0950. The Bertz CT molecular complexity index is 461. The molecule has 0 radical (unpaired) electrons. The van der Waals surface area contributed by atoms with E-state index in [-0.39, 0.29) is 27.6 Å². The van der Waals surface area contributed by atoms with Gasteiger partial charge in [0.05, 0.1) is 18.7 Å². The minimum absolute atomic E-state index is 0.00670. The van der Waals surface area contributed by atoms with Crippen LogP contribution in [0.5, 0.6) is 0 Å². The molecular weight excluding hydrogens is 273 g/mol. The van der Waals surface area contributed by atoms with Crippen LogP contribution in [0.1, 0.15) is 19.6 Å². The molecule has 18 heavy (non-hydrogen) atoms. The maximum absolute atomic E-state index is 12.0. The van der Waals surface area contributed by atoms with Gasteiger partial charge < -0.3 is 9.73 Å². The first kappa shape index (κ1) is 13.5. The second-order valence-corrected chi connectivity index (χ2v) is 6.09. The van der Waals surface area contributed by atoms with E-state index in [0.29, 0.717) is 6.54 Å². The zero-order chi connectivity index (χ0) is 13.3. The van der Waals surface area contributed by atoms with E-state index in [4.69, 9.17) is 27.6 Å². The summed E-state index contributed by atoms with van der Waals surface area (Å²) in [5.41, 5.74) is -0.0950. The Morgan fingerprint density at radius 1 is 1.56 bits per heavy atom. The van der Waals surface area contributed by atoms with Crippen molar-refractivity contribution in [3.63, 3.8) is 0 Å². The predicted molar refractivity (Wildman–Crippen MR) is 71.1 cm³/mol. The van der Waals surface area contributed by atoms with Gasteiger partial charge in [0.15, 0.2) is 0 Å². The van der Waals surface area contributed by atoms with Crippen LogP contribution in [-0.4, -0.2) is 5.91 Å². The molecule has 5 heteroatoms. The molecule has 1 aromatic heterocycles. The van der Waals surface area contributed by atoms with E-state index < -0.39 is 0 Å². The van der Waals surface area contributed by atoms with Crippen LogP contribution >= 0.6 is 23.2 Å². The van der Waals surface area contributed by atoms with Crippen molar-refractivity contribution in [3.8, 4) is 0 Å². The summed E-state index contributed by atoms with van der Waals surface area (Å²) in [6.45, 7) is 4.47. The number of allylic oxidation sites excluding steroid dienone is 1. The number of nitrogens with one attached hydrogen (secondary N) is 1. The summed E-state index contributed by atoms with van der Waals surface area (Å²) in [4.78, 5) is 12.0. The first-order chi connectivity index (χ1) is 8.43. The Balaban J connectivity index is 1.92. The standard InChI is InChI=1S/C13H15Cl2NO2/c1-13(2)9(6-10(14)15)11(13)12(17)16-7-8-4-3-5-18-8/h3-6,9,11H,7H2,1-2H3,(H,16,17). The molecule has 1 aliphatic carbocycles. The van der Waals surface area contributed by atoms with Crippen molar-refractivity contribution in [2.75, 3.05) is 0 Å². The molecule has 2 atom stereocenters. The van der Waals surface area contributed by atoms with E-state index in [1.54, 1.807) is 18.4 Å². The highest BCUT2D eigenvalue weighted by atomic mass is 35.5. The van der Waals surface area contributed by atoms with E-state index in [1.807, 2.05) is 19.9 Å². The first-order valence-corrected chi connectivity index (χ1v) is 6.51. The summed E-state index contributed by atoms with van der Waals surface area (Å²) in [5.74, 6) is 0.760. The van der Waals surface area contributed by atoms with Gasteiger partial charge in [0.2, 0.25) is 5.91 Å². The quantitative estimate of drug-likeness (QED) is 0.921. The third kappa shape index (κ3) is 2.73. The van der Waals surface area contributed by atoms with Crippen LogP contribution in [0.25, 0.3) is 0 Å². The van der Waals surface area contributed by atoms with Crippen LogP contribution in [0.15, 0.2) is 33.4 Å². The van der Waals surface area contributed by atoms with Gasteiger partial charge in [-0.15, -0.1) is 0 Å². The van der Waals surface area contributed by atoms with Crippen molar-refractivity contribution in [2.24, 2.45) is 17.3 Å². The summed E-state index contributed by atoms with van der Waals surface area (Å²) in [5, 5.41) is 2.86. The van der Waals surface area contributed by atoms with Gasteiger partial charge in [-0.3, -0.25) is 4.79 Å². The van der Waals surface area contributed by atoms with Gasteiger partial charge in [0, 0.05) is 0 Å². The lowest BCUT2D eigenvalue weighted by atomic mass is 10.1. The number of halogens is 2. The largest absolute Gasteiger partial charge is 0.467 e. The van der Waals surface area contributed by atoms with E-state index in [0.717, 1.165) is 5.76 Å². The zero-order valence-electron chi connectivity index (χ0n) is 10.2. The number of furan rings is 1. The fourth-order valence-electron chi connectivity index (χ4n) is 2.32. The number of carbonyl (C=O) groups excluding carboxylic acids is 1. The number of amides is 1. The van der Waals surface area contributed by atoms with Crippen molar-refractivity contribution >= 4 is 29.1 Å². The molecule has 1 amide bonds. The lowest BCUT2D eigenvalue weighted by Crippen LogP contribution is -2.26. The number of hydrogen-bond donors (Lipinski definition) is 1. The maximum Gasteiger partial charge on any atom is 0.224 e. The number of hydrogen-bond acceptors (Lipinski definition) is 2. The smallest absolute Gasteiger partial charge is 0.224 e. The summed E-state index contributed by atoms with van der Waals surface area (Å²) in [6.07, 6.45) is 3.32. The molecule has 3 nitrogen and oxygen atoms in total. The highest BCUT2D eigenvalue weighted by Crippen LogP contribution is 2.59. The van der Waals surface area contributed by atoms with E-state index in [9.17, 15) is 4.79 Å². The maximum atomic E-state index is 12.0. The van der Waals surface area contributed by atoms with Crippen LogP contribution in [-0.2, 0) is 11.3 Å². The topological polar surface area (TPSA) is 42.2 Å². The Morgan fingerprint density at radius 2 is 2.28 bits per heavy atom. The molecule has 1 saturated carbocycles. The number of carbonyl (C=O) groups is 1. The van der Waals surface area contributed by atoms with Crippen molar-refractivity contribution in [3.05, 3.63) is 34.7 Å². The van der Waals surface area contributed by atoms with Gasteiger partial charge in [-0.25, -0.2) is 0 Å². The summed E-state index contributed by atoms with van der Waals surface area (Å²) >= 11 is 11.3. The molecule has 1 heterocycles. The highest BCUT2D eigenvalue weighted by molar-refractivity contribution is 6.55. The third-order valence-corrected chi connectivity index (χ3v) is 3.77. The van der Waals surface area contributed by atoms with Gasteiger partial charge in [0.1, 0.15) is 10.3 Å². The molecule has 98 valence electrons. The van der Waals surface area contributed by atoms with Crippen LogP contribution in [0.4, 0.5) is 0 Å². The first-order valence-electron chi connectivity index (χ1n) is 5.76. The molecule has 2 rings (SSSR count). The van der Waals surface area contributed by atoms with Gasteiger partial charge in [-0.05, 0) is 29.5 Å². The van der Waals surface area contributed by atoms with E-state index in [1.165, 1.54) is 0 Å². The highest BCUT2D eigenvalue weighted by Gasteiger charge is 2.60. The van der Waals surface area contributed by atoms with Gasteiger partial charge in [-0.2, -0.15) is 0 Å². The van der Waals surface area contributed by atoms with E-state index in [2.05, 4.69) is 5.32 Å². The normalized spacial score (nSPS) is 24.4. The van der Waals surface area contributed by atoms with E-state index >= 15 is 0 Å². The Kier molecular flexibility index (Phi) is 3.74. The lowest BCUT2D eigenvalue weighted by Gasteiger charge is -2.04. The van der Waals surface area contributed by atoms with Crippen LogP contribution in [0.3, 0.4) is 0 Å². The molecule has 2 unspecified atom stereocenters. The third-order valence-electron chi connectivity index (χ3n) is 3.52. The van der Waals surface area contributed by atoms with Crippen molar-refractivity contribution in [1.82, 2.24) is 5.32 Å². The molecule has 1 aliphatic rings. The number of rotatable bonds is 4. The summed E-state index contributed by atoms with van der Waals surface area (Å²) < 4.78 is 5.38. The molecule has 1 N–H and O–H groups in total. The van der Waals surface area contributed by atoms with Gasteiger partial charge in [-0.1, -0.05) is 37.0 Å². The average molecular weight is 288 g/mol. The van der Waals surface area contributed by atoms with Crippen molar-refractivity contribution in [1.29, 1.82) is 0 Å². The molecule has 0 bridgehead atoms. The zero-order valence-corrected chi connectivity index (χ0v) is 11.8. The molecule has 1 fully saturated rings. The van der Waals surface area contributed by atoms with Crippen LogP contribution in [0.2, 0.25) is 0 Å². The summed E-state index contributed by atoms with van der Waals surface area (Å²) in [6, 6.07) is 3.62. The monoisotopic (exact) mass is 287 g/mol. The fourth-order valence-corrected chi connectivity index (χ4v) is 2.59. The second kappa shape index (κ2) is 4.98. The Hall–Kier alpha value is -0.930. The van der Waals surface area contributed by atoms with Crippen molar-refractivity contribution in [2.45, 2.75) is 20.4 Å². The fraction of sp³-hybridized carbons (Fsp3) is 0.462. The Labute approximate surface area is 116 Å². The van der Waals surface area contributed by atoms with Gasteiger partial charge in [0.25, 0.3) is 0 Å². The van der Waals surface area contributed by atoms with Crippen LogP contribution < -0.4 is 5.32 Å². The molecule has 1 aromatic rings. The average Bonchev–Trinajstić information content (AvgIpc) is 2.70. The van der Waals surface area contributed by atoms with Crippen LogP contribution in [0, 0.1) is 17.3 Å². The SMILES string of the molecule is CC1(C)C(C=C(Cl)Cl)C1C(=O)NCc1ccco1. The minimum Gasteiger partial charge on any atom is -0.467 e. The lowest BCUT2D eigenvalue weighted by molar-refractivity contribution is -0.123. The second-order valence-electron chi connectivity index (χ2n) is 5.08. The van der Waals surface area contributed by atoms with Crippen molar-refractivity contribution < 1.29 is 9.21 Å². The Morgan fingerprint density at radius 3 is 2.83 bits per heavy atom. The molecular formula is C13H15Cl2NO2. The molecule has 0 aliphatic heterocycles. The van der Waals surface area contributed by atoms with Gasteiger partial charge >= 0.3 is 0 Å². The molecule has 0 spiro atoms.